The van der Waals surface area contributed by atoms with E-state index in [0.717, 1.165) is 25.7 Å². The van der Waals surface area contributed by atoms with Gasteiger partial charge in [0.1, 0.15) is 6.04 Å². The van der Waals surface area contributed by atoms with Gasteiger partial charge in [-0.1, -0.05) is 19.8 Å². The topological polar surface area (TPSA) is 78.4 Å². The van der Waals surface area contributed by atoms with E-state index < -0.39 is 11.6 Å². The molecule has 1 aliphatic rings. The monoisotopic (exact) mass is 256 g/mol. The van der Waals surface area contributed by atoms with E-state index >= 15 is 0 Å². The number of amides is 2. The summed E-state index contributed by atoms with van der Waals surface area (Å²) in [7, 11) is 0. The minimum atomic E-state index is -0.567. The number of carbonyl (C=O) groups is 2. The van der Waals surface area contributed by atoms with Crippen LogP contribution >= 0.6 is 0 Å². The molecular formula is C13H24N2O3. The van der Waals surface area contributed by atoms with E-state index in [4.69, 9.17) is 0 Å². The van der Waals surface area contributed by atoms with Gasteiger partial charge < -0.3 is 15.7 Å². The van der Waals surface area contributed by atoms with Crippen molar-refractivity contribution in [1.82, 2.24) is 10.6 Å². The molecule has 0 saturated heterocycles. The molecule has 3 unspecified atom stereocenters. The summed E-state index contributed by atoms with van der Waals surface area (Å²) in [6.45, 7) is 5.12. The standard InChI is InChI=1S/C13H24N2O3/c1-9-5-4-6-13(7-9,8-16)15-12(18)10(2)14-11(3)17/h9-10,16H,4-8H2,1-3H3,(H,14,17)(H,15,18). The third-order valence-electron chi connectivity index (χ3n) is 3.60. The van der Waals surface area contributed by atoms with E-state index in [1.54, 1.807) is 6.92 Å². The first-order valence-electron chi connectivity index (χ1n) is 6.58. The summed E-state index contributed by atoms with van der Waals surface area (Å²) in [5.74, 6) is 0.0448. The van der Waals surface area contributed by atoms with E-state index in [1.807, 2.05) is 0 Å². The first-order chi connectivity index (χ1) is 8.38. The van der Waals surface area contributed by atoms with E-state index in [-0.39, 0.29) is 18.4 Å². The minimum Gasteiger partial charge on any atom is -0.394 e. The normalized spacial score (nSPS) is 29.4. The van der Waals surface area contributed by atoms with Crippen LogP contribution in [0.3, 0.4) is 0 Å². The molecule has 0 spiro atoms. The second kappa shape index (κ2) is 6.18. The van der Waals surface area contributed by atoms with Crippen LogP contribution in [0.1, 0.15) is 46.5 Å². The van der Waals surface area contributed by atoms with Gasteiger partial charge in [-0.05, 0) is 25.7 Å². The second-order valence-electron chi connectivity index (χ2n) is 5.55. The summed E-state index contributed by atoms with van der Waals surface area (Å²) < 4.78 is 0. The third-order valence-corrected chi connectivity index (χ3v) is 3.60. The summed E-state index contributed by atoms with van der Waals surface area (Å²) in [5.41, 5.74) is -0.512. The number of aliphatic hydroxyl groups is 1. The van der Waals surface area contributed by atoms with Gasteiger partial charge in [0.25, 0.3) is 0 Å². The maximum absolute atomic E-state index is 12.0. The molecule has 1 saturated carbocycles. The molecule has 0 bridgehead atoms. The highest BCUT2D eigenvalue weighted by Gasteiger charge is 2.36. The number of carbonyl (C=O) groups excluding carboxylic acids is 2. The molecule has 0 aromatic rings. The average Bonchev–Trinajstić information content (AvgIpc) is 2.28. The summed E-state index contributed by atoms with van der Waals surface area (Å²) in [5, 5.41) is 15.0. The predicted molar refractivity (Wildman–Crippen MR) is 68.9 cm³/mol. The molecule has 3 N–H and O–H groups in total. The molecule has 0 heterocycles. The van der Waals surface area contributed by atoms with E-state index in [1.165, 1.54) is 6.92 Å². The number of rotatable bonds is 4. The van der Waals surface area contributed by atoms with Crippen LogP contribution in [0.15, 0.2) is 0 Å². The molecular weight excluding hydrogens is 232 g/mol. The molecule has 5 heteroatoms. The highest BCUT2D eigenvalue weighted by atomic mass is 16.3. The van der Waals surface area contributed by atoms with Crippen molar-refractivity contribution in [3.05, 3.63) is 0 Å². The van der Waals surface area contributed by atoms with Crippen LogP contribution < -0.4 is 10.6 Å². The Hall–Kier alpha value is -1.10. The Morgan fingerprint density at radius 2 is 2.17 bits per heavy atom. The van der Waals surface area contributed by atoms with Crippen LogP contribution in [0.5, 0.6) is 0 Å². The fourth-order valence-corrected chi connectivity index (χ4v) is 2.70. The third kappa shape index (κ3) is 3.98. The van der Waals surface area contributed by atoms with Gasteiger partial charge in [-0.2, -0.15) is 0 Å². The SMILES string of the molecule is CC(=O)NC(C)C(=O)NC1(CO)CCCC(C)C1. The van der Waals surface area contributed by atoms with Crippen LogP contribution in [0.4, 0.5) is 0 Å². The molecule has 0 aromatic carbocycles. The second-order valence-corrected chi connectivity index (χ2v) is 5.55. The van der Waals surface area contributed by atoms with E-state index in [9.17, 15) is 14.7 Å². The van der Waals surface area contributed by atoms with Crippen molar-refractivity contribution in [1.29, 1.82) is 0 Å². The minimum absolute atomic E-state index is 0.0458. The quantitative estimate of drug-likeness (QED) is 0.688. The molecule has 104 valence electrons. The Kier molecular flexibility index (Phi) is 5.14. The summed E-state index contributed by atoms with van der Waals surface area (Å²) in [6, 6.07) is -0.567. The lowest BCUT2D eigenvalue weighted by atomic mass is 9.76. The molecule has 18 heavy (non-hydrogen) atoms. The Bertz CT molecular complexity index is 319. The molecule has 1 fully saturated rings. The molecule has 1 rings (SSSR count). The van der Waals surface area contributed by atoms with Gasteiger partial charge in [0.15, 0.2) is 0 Å². The van der Waals surface area contributed by atoms with Gasteiger partial charge in [-0.3, -0.25) is 9.59 Å². The Balaban J connectivity index is 2.61. The number of nitrogens with one attached hydrogen (secondary N) is 2. The van der Waals surface area contributed by atoms with Crippen molar-refractivity contribution >= 4 is 11.8 Å². The fraction of sp³-hybridized carbons (Fsp3) is 0.846. The Morgan fingerprint density at radius 1 is 1.50 bits per heavy atom. The summed E-state index contributed by atoms with van der Waals surface area (Å²) in [4.78, 5) is 22.9. The fourth-order valence-electron chi connectivity index (χ4n) is 2.70. The van der Waals surface area contributed by atoms with Gasteiger partial charge in [0, 0.05) is 6.92 Å². The predicted octanol–water partition coefficient (Wildman–Crippen LogP) is 0.568. The van der Waals surface area contributed by atoms with Crippen LogP contribution in [0, 0.1) is 5.92 Å². The van der Waals surface area contributed by atoms with Crippen LogP contribution in [-0.4, -0.2) is 35.1 Å². The average molecular weight is 256 g/mol. The maximum atomic E-state index is 12.0. The van der Waals surface area contributed by atoms with Gasteiger partial charge in [-0.25, -0.2) is 0 Å². The van der Waals surface area contributed by atoms with Crippen molar-refractivity contribution in [3.8, 4) is 0 Å². The Morgan fingerprint density at radius 3 is 2.67 bits per heavy atom. The lowest BCUT2D eigenvalue weighted by Crippen LogP contribution is -2.58. The van der Waals surface area contributed by atoms with Crippen molar-refractivity contribution in [2.45, 2.75) is 58.0 Å². The van der Waals surface area contributed by atoms with E-state index in [2.05, 4.69) is 17.6 Å². The lowest BCUT2D eigenvalue weighted by molar-refractivity contribution is -0.130. The highest BCUT2D eigenvalue weighted by Crippen LogP contribution is 2.31. The molecule has 2 amide bonds. The molecule has 0 aromatic heterocycles. The smallest absolute Gasteiger partial charge is 0.242 e. The van der Waals surface area contributed by atoms with Crippen LogP contribution in [0.25, 0.3) is 0 Å². The van der Waals surface area contributed by atoms with Crippen LogP contribution in [-0.2, 0) is 9.59 Å². The molecule has 0 aliphatic heterocycles. The van der Waals surface area contributed by atoms with Crippen molar-refractivity contribution in [2.24, 2.45) is 5.92 Å². The van der Waals surface area contributed by atoms with Crippen molar-refractivity contribution < 1.29 is 14.7 Å². The molecule has 5 nitrogen and oxygen atoms in total. The molecule has 0 radical (unpaired) electrons. The van der Waals surface area contributed by atoms with Crippen molar-refractivity contribution in [3.63, 3.8) is 0 Å². The zero-order valence-electron chi connectivity index (χ0n) is 11.5. The van der Waals surface area contributed by atoms with Gasteiger partial charge in [0.05, 0.1) is 12.1 Å². The number of aliphatic hydroxyl groups excluding tert-OH is 1. The first-order valence-corrected chi connectivity index (χ1v) is 6.58. The molecule has 3 atom stereocenters. The summed E-state index contributed by atoms with van der Waals surface area (Å²) >= 11 is 0. The summed E-state index contributed by atoms with van der Waals surface area (Å²) in [6.07, 6.45) is 3.74. The van der Waals surface area contributed by atoms with Gasteiger partial charge in [-0.15, -0.1) is 0 Å². The van der Waals surface area contributed by atoms with E-state index in [0.29, 0.717) is 5.92 Å². The molecule has 1 aliphatic carbocycles. The first kappa shape index (κ1) is 15.0. The number of hydrogen-bond donors (Lipinski definition) is 3. The Labute approximate surface area is 108 Å². The maximum Gasteiger partial charge on any atom is 0.242 e. The van der Waals surface area contributed by atoms with Gasteiger partial charge in [0.2, 0.25) is 11.8 Å². The largest absolute Gasteiger partial charge is 0.394 e. The zero-order chi connectivity index (χ0) is 13.8. The highest BCUT2D eigenvalue weighted by molar-refractivity contribution is 5.86. The van der Waals surface area contributed by atoms with Gasteiger partial charge >= 0.3 is 0 Å². The zero-order valence-corrected chi connectivity index (χ0v) is 11.5. The van der Waals surface area contributed by atoms with Crippen molar-refractivity contribution in [2.75, 3.05) is 6.61 Å². The number of hydrogen-bond acceptors (Lipinski definition) is 3. The lowest BCUT2D eigenvalue weighted by Gasteiger charge is -2.40. The van der Waals surface area contributed by atoms with Crippen LogP contribution in [0.2, 0.25) is 0 Å².